The lowest BCUT2D eigenvalue weighted by Gasteiger charge is -2.17. The van der Waals surface area contributed by atoms with Crippen molar-refractivity contribution in [2.24, 2.45) is 29.6 Å². The molecule has 0 spiro atoms. The van der Waals surface area contributed by atoms with Gasteiger partial charge in [0.1, 0.15) is 6.04 Å². The van der Waals surface area contributed by atoms with Crippen LogP contribution in [0, 0.1) is 29.6 Å². The molecule has 1 amide bonds. The predicted octanol–water partition coefficient (Wildman–Crippen LogP) is 1.80. The molecule has 0 aromatic rings. The number of hydrogen-bond donors (Lipinski definition) is 2. The van der Waals surface area contributed by atoms with Crippen molar-refractivity contribution in [3.8, 4) is 0 Å². The van der Waals surface area contributed by atoms with E-state index < -0.39 is 30.5 Å². The Morgan fingerprint density at radius 2 is 1.75 bits per heavy atom. The highest BCUT2D eigenvalue weighted by molar-refractivity contribution is 5.87. The molecule has 112 valence electrons. The zero-order chi connectivity index (χ0) is 14.7. The quantitative estimate of drug-likeness (QED) is 0.830. The molecule has 5 atom stereocenters. The maximum absolute atomic E-state index is 12.3. The standard InChI is InChI=1S/C13H16F3NO3/c14-13(15,16)4-7(12(19)20)17-11(18)10-8-5-1-2-6(3-5)9(8)10/h5-10H,1-4H2,(H,17,18)(H,19,20). The van der Waals surface area contributed by atoms with Gasteiger partial charge in [-0.05, 0) is 42.9 Å². The number of rotatable bonds is 4. The van der Waals surface area contributed by atoms with Gasteiger partial charge in [-0.25, -0.2) is 4.79 Å². The molecule has 3 aliphatic rings. The van der Waals surface area contributed by atoms with Crippen LogP contribution in [0.4, 0.5) is 13.2 Å². The first kappa shape index (κ1) is 13.7. The molecular formula is C13H16F3NO3. The Bertz CT molecular complexity index is 435. The van der Waals surface area contributed by atoms with E-state index in [1.54, 1.807) is 0 Å². The van der Waals surface area contributed by atoms with Gasteiger partial charge in [0.15, 0.2) is 0 Å². The molecule has 0 heterocycles. The van der Waals surface area contributed by atoms with E-state index in [4.69, 9.17) is 5.11 Å². The highest BCUT2D eigenvalue weighted by Gasteiger charge is 2.67. The Balaban J connectivity index is 1.60. The highest BCUT2D eigenvalue weighted by Crippen LogP contribution is 2.69. The molecule has 0 aromatic heterocycles. The summed E-state index contributed by atoms with van der Waals surface area (Å²) in [5, 5.41) is 10.9. The van der Waals surface area contributed by atoms with E-state index in [1.165, 1.54) is 0 Å². The molecule has 0 radical (unpaired) electrons. The van der Waals surface area contributed by atoms with Crippen molar-refractivity contribution >= 4 is 11.9 Å². The fourth-order valence-electron chi connectivity index (χ4n) is 4.38. The normalized spacial score (nSPS) is 39.2. The molecule has 7 heteroatoms. The maximum atomic E-state index is 12.3. The van der Waals surface area contributed by atoms with Crippen LogP contribution in [0.1, 0.15) is 25.7 Å². The second kappa shape index (κ2) is 4.36. The van der Waals surface area contributed by atoms with Gasteiger partial charge in [0, 0.05) is 5.92 Å². The molecule has 3 fully saturated rings. The minimum Gasteiger partial charge on any atom is -0.480 e. The van der Waals surface area contributed by atoms with Crippen LogP contribution in [-0.2, 0) is 9.59 Å². The smallest absolute Gasteiger partial charge is 0.391 e. The van der Waals surface area contributed by atoms with Crippen molar-refractivity contribution in [2.45, 2.75) is 37.9 Å². The van der Waals surface area contributed by atoms with E-state index >= 15 is 0 Å². The number of alkyl halides is 3. The summed E-state index contributed by atoms with van der Waals surface area (Å²) in [5.74, 6) is -0.782. The third kappa shape index (κ3) is 2.27. The molecular weight excluding hydrogens is 275 g/mol. The van der Waals surface area contributed by atoms with Gasteiger partial charge in [-0.1, -0.05) is 0 Å². The molecule has 0 saturated heterocycles. The molecule has 3 rings (SSSR count). The van der Waals surface area contributed by atoms with Crippen LogP contribution in [0.25, 0.3) is 0 Å². The maximum Gasteiger partial charge on any atom is 0.391 e. The summed E-state index contributed by atoms with van der Waals surface area (Å²) in [4.78, 5) is 22.8. The van der Waals surface area contributed by atoms with Gasteiger partial charge < -0.3 is 10.4 Å². The molecule has 3 aliphatic carbocycles. The number of amides is 1. The molecule has 3 saturated carbocycles. The summed E-state index contributed by atoms with van der Waals surface area (Å²) < 4.78 is 36.9. The van der Waals surface area contributed by atoms with E-state index in [2.05, 4.69) is 5.32 Å². The van der Waals surface area contributed by atoms with Gasteiger partial charge in [0.2, 0.25) is 5.91 Å². The Morgan fingerprint density at radius 3 is 2.20 bits per heavy atom. The van der Waals surface area contributed by atoms with Crippen LogP contribution in [-0.4, -0.2) is 29.2 Å². The van der Waals surface area contributed by atoms with E-state index in [0.717, 1.165) is 19.3 Å². The van der Waals surface area contributed by atoms with Gasteiger partial charge in [-0.3, -0.25) is 4.79 Å². The summed E-state index contributed by atoms with van der Waals surface area (Å²) in [6.07, 6.45) is -2.80. The Morgan fingerprint density at radius 1 is 1.20 bits per heavy atom. The van der Waals surface area contributed by atoms with Crippen molar-refractivity contribution in [1.29, 1.82) is 0 Å². The fourth-order valence-corrected chi connectivity index (χ4v) is 4.38. The van der Waals surface area contributed by atoms with E-state index in [9.17, 15) is 22.8 Å². The average Bonchev–Trinajstić information content (AvgIpc) is 2.76. The minimum atomic E-state index is -4.60. The molecule has 4 nitrogen and oxygen atoms in total. The third-order valence-electron chi connectivity index (χ3n) is 5.09. The van der Waals surface area contributed by atoms with Crippen LogP contribution in [0.15, 0.2) is 0 Å². The first-order valence-corrected chi connectivity index (χ1v) is 6.88. The van der Waals surface area contributed by atoms with Crippen molar-refractivity contribution in [3.05, 3.63) is 0 Å². The topological polar surface area (TPSA) is 66.4 Å². The number of aliphatic carboxylic acids is 1. The number of carbonyl (C=O) groups is 2. The van der Waals surface area contributed by atoms with Crippen LogP contribution >= 0.6 is 0 Å². The van der Waals surface area contributed by atoms with Gasteiger partial charge in [-0.2, -0.15) is 13.2 Å². The van der Waals surface area contributed by atoms with Crippen molar-refractivity contribution in [2.75, 3.05) is 0 Å². The zero-order valence-corrected chi connectivity index (χ0v) is 10.7. The number of halogens is 3. The van der Waals surface area contributed by atoms with Crippen molar-refractivity contribution in [3.63, 3.8) is 0 Å². The number of carboxylic acids is 1. The van der Waals surface area contributed by atoms with Gasteiger partial charge >= 0.3 is 12.1 Å². The average molecular weight is 291 g/mol. The van der Waals surface area contributed by atoms with Crippen LogP contribution in [0.2, 0.25) is 0 Å². The van der Waals surface area contributed by atoms with Crippen LogP contribution in [0.3, 0.4) is 0 Å². The second-order valence-corrected chi connectivity index (χ2v) is 6.23. The first-order valence-electron chi connectivity index (χ1n) is 6.88. The van der Waals surface area contributed by atoms with Gasteiger partial charge in [0.05, 0.1) is 6.42 Å². The molecule has 2 bridgehead atoms. The monoisotopic (exact) mass is 291 g/mol. The zero-order valence-electron chi connectivity index (χ0n) is 10.7. The summed E-state index contributed by atoms with van der Waals surface area (Å²) in [5.41, 5.74) is 0. The van der Waals surface area contributed by atoms with E-state index in [1.807, 2.05) is 0 Å². The van der Waals surface area contributed by atoms with Crippen molar-refractivity contribution in [1.82, 2.24) is 5.32 Å². The van der Waals surface area contributed by atoms with Crippen LogP contribution < -0.4 is 5.32 Å². The van der Waals surface area contributed by atoms with Gasteiger partial charge in [0.25, 0.3) is 0 Å². The summed E-state index contributed by atoms with van der Waals surface area (Å²) in [6.45, 7) is 0. The molecule has 20 heavy (non-hydrogen) atoms. The highest BCUT2D eigenvalue weighted by atomic mass is 19.4. The fraction of sp³-hybridized carbons (Fsp3) is 0.846. The first-order chi connectivity index (χ1) is 9.28. The molecule has 5 unspecified atom stereocenters. The number of fused-ring (bicyclic) bond motifs is 5. The lowest BCUT2D eigenvalue weighted by Crippen LogP contribution is -2.44. The van der Waals surface area contributed by atoms with E-state index in [-0.39, 0.29) is 17.8 Å². The predicted molar refractivity (Wildman–Crippen MR) is 61.5 cm³/mol. The molecule has 0 aliphatic heterocycles. The van der Waals surface area contributed by atoms with Gasteiger partial charge in [-0.15, -0.1) is 0 Å². The SMILES string of the molecule is O=C(O)C(CC(F)(F)F)NC(=O)C1C2C3CCC(C3)C12. The molecule has 0 aromatic carbocycles. The summed E-state index contributed by atoms with van der Waals surface area (Å²) >= 11 is 0. The second-order valence-electron chi connectivity index (χ2n) is 6.23. The largest absolute Gasteiger partial charge is 0.480 e. The number of carboxylic acid groups (broad SMARTS) is 1. The van der Waals surface area contributed by atoms with Crippen LogP contribution in [0.5, 0.6) is 0 Å². The molecule has 2 N–H and O–H groups in total. The number of carbonyl (C=O) groups excluding carboxylic acids is 1. The Labute approximate surface area is 113 Å². The number of nitrogens with one attached hydrogen (secondary N) is 1. The van der Waals surface area contributed by atoms with E-state index in [0.29, 0.717) is 11.8 Å². The Kier molecular flexibility index (Phi) is 2.99. The number of hydrogen-bond acceptors (Lipinski definition) is 2. The minimum absolute atomic E-state index is 0.253. The Hall–Kier alpha value is -1.27. The third-order valence-corrected chi connectivity index (χ3v) is 5.09. The lowest BCUT2D eigenvalue weighted by molar-refractivity contribution is -0.160. The lowest BCUT2D eigenvalue weighted by atomic mass is 10.0. The summed E-state index contributed by atoms with van der Waals surface area (Å²) in [7, 11) is 0. The summed E-state index contributed by atoms with van der Waals surface area (Å²) in [6, 6.07) is -1.87. The van der Waals surface area contributed by atoms with Crippen molar-refractivity contribution < 1.29 is 27.9 Å².